The highest BCUT2D eigenvalue weighted by atomic mass is 16.6. The average molecular weight is 393 g/mol. The third-order valence-electron chi connectivity index (χ3n) is 7.42. The molecule has 1 aliphatic rings. The zero-order chi connectivity index (χ0) is 22.6. The van der Waals surface area contributed by atoms with Crippen molar-refractivity contribution in [2.24, 2.45) is 33.0 Å². The fourth-order valence-corrected chi connectivity index (χ4v) is 7.21. The maximum atomic E-state index is 13.0. The maximum Gasteiger partial charge on any atom is 0.333 e. The van der Waals surface area contributed by atoms with Crippen LogP contribution in [-0.4, -0.2) is 11.6 Å². The van der Waals surface area contributed by atoms with Gasteiger partial charge in [-0.15, -0.1) is 0 Å². The second-order valence-electron chi connectivity index (χ2n) is 13.4. The number of rotatable bonds is 2. The van der Waals surface area contributed by atoms with E-state index < -0.39 is 5.60 Å². The van der Waals surface area contributed by atoms with Crippen LogP contribution in [0.1, 0.15) is 109 Å². The first-order chi connectivity index (χ1) is 12.2. The molecule has 1 saturated carbocycles. The largest absolute Gasteiger partial charge is 0.455 e. The minimum Gasteiger partial charge on any atom is -0.455 e. The van der Waals surface area contributed by atoms with Crippen molar-refractivity contribution in [3.63, 3.8) is 0 Å². The lowest BCUT2D eigenvalue weighted by Gasteiger charge is -2.73. The highest BCUT2D eigenvalue weighted by molar-refractivity contribution is 5.87. The Morgan fingerprint density at radius 2 is 1.29 bits per heavy atom. The van der Waals surface area contributed by atoms with Gasteiger partial charge in [0.2, 0.25) is 0 Å². The maximum absolute atomic E-state index is 13.0. The first kappa shape index (κ1) is 25.2. The van der Waals surface area contributed by atoms with Gasteiger partial charge in [0.05, 0.1) is 0 Å². The van der Waals surface area contributed by atoms with Crippen molar-refractivity contribution in [2.75, 3.05) is 0 Å². The molecule has 0 amide bonds. The Morgan fingerprint density at radius 1 is 0.857 bits per heavy atom. The zero-order valence-electron chi connectivity index (χ0n) is 21.2. The second kappa shape index (κ2) is 7.17. The first-order valence-electron chi connectivity index (χ1n) is 11.1. The van der Waals surface area contributed by atoms with Crippen LogP contribution in [0.4, 0.5) is 0 Å². The Balaban J connectivity index is 4.13. The van der Waals surface area contributed by atoms with Crippen LogP contribution in [0.25, 0.3) is 0 Å². The normalized spacial score (nSPS) is 26.7. The molecule has 0 radical (unpaired) electrons. The fraction of sp³-hybridized carbons (Fsp3) is 0.885. The Hall–Kier alpha value is -0.790. The average Bonchev–Trinajstić information content (AvgIpc) is 2.41. The van der Waals surface area contributed by atoms with E-state index in [1.165, 1.54) is 6.42 Å². The van der Waals surface area contributed by atoms with Crippen LogP contribution >= 0.6 is 0 Å². The molecule has 0 aromatic carbocycles. The van der Waals surface area contributed by atoms with E-state index in [2.05, 4.69) is 89.7 Å². The summed E-state index contributed by atoms with van der Waals surface area (Å²) in [5.41, 5.74) is -0.540. The standard InChI is InChI=1S/C26H48O2/c1-18(2)20(27)28-25(22(6,7)8)17-15-16-19(21(3,4)5)26(25,23(9,10)11)24(12,13)14/h19H,1,15-17H2,2-14H3. The van der Waals surface area contributed by atoms with Crippen LogP contribution in [0.5, 0.6) is 0 Å². The van der Waals surface area contributed by atoms with E-state index in [1.807, 2.05) is 0 Å². The smallest absolute Gasteiger partial charge is 0.333 e. The van der Waals surface area contributed by atoms with Crippen molar-refractivity contribution in [2.45, 2.75) is 115 Å². The van der Waals surface area contributed by atoms with Gasteiger partial charge in [-0.1, -0.05) is 89.7 Å². The molecule has 28 heavy (non-hydrogen) atoms. The number of hydrogen-bond donors (Lipinski definition) is 0. The monoisotopic (exact) mass is 392 g/mol. The molecule has 0 N–H and O–H groups in total. The quantitative estimate of drug-likeness (QED) is 0.354. The molecule has 0 aromatic heterocycles. The van der Waals surface area contributed by atoms with E-state index in [0.717, 1.165) is 12.8 Å². The summed E-state index contributed by atoms with van der Waals surface area (Å²) >= 11 is 0. The van der Waals surface area contributed by atoms with Crippen LogP contribution in [0, 0.1) is 33.0 Å². The Morgan fingerprint density at radius 3 is 1.57 bits per heavy atom. The van der Waals surface area contributed by atoms with Crippen molar-refractivity contribution in [1.29, 1.82) is 0 Å². The van der Waals surface area contributed by atoms with Crippen molar-refractivity contribution in [1.82, 2.24) is 0 Å². The molecule has 2 heteroatoms. The topological polar surface area (TPSA) is 26.3 Å². The van der Waals surface area contributed by atoms with Crippen LogP contribution in [0.3, 0.4) is 0 Å². The summed E-state index contributed by atoms with van der Waals surface area (Å²) < 4.78 is 6.66. The van der Waals surface area contributed by atoms with Crippen molar-refractivity contribution in [3.8, 4) is 0 Å². The van der Waals surface area contributed by atoms with Crippen LogP contribution in [-0.2, 0) is 9.53 Å². The highest BCUT2D eigenvalue weighted by Crippen LogP contribution is 2.73. The molecule has 0 bridgehead atoms. The molecule has 1 aliphatic carbocycles. The molecular formula is C26H48O2. The summed E-state index contributed by atoms with van der Waals surface area (Å²) in [6, 6.07) is 0. The minimum absolute atomic E-state index is 0.0632. The number of hydrogen-bond acceptors (Lipinski definition) is 2. The molecule has 0 heterocycles. The van der Waals surface area contributed by atoms with E-state index in [4.69, 9.17) is 4.74 Å². The van der Waals surface area contributed by atoms with E-state index in [0.29, 0.717) is 11.5 Å². The predicted molar refractivity (Wildman–Crippen MR) is 121 cm³/mol. The second-order valence-corrected chi connectivity index (χ2v) is 13.4. The van der Waals surface area contributed by atoms with Gasteiger partial charge in [-0.3, -0.25) is 0 Å². The van der Waals surface area contributed by atoms with E-state index >= 15 is 0 Å². The number of carbonyl (C=O) groups is 1. The van der Waals surface area contributed by atoms with Crippen LogP contribution in [0.15, 0.2) is 12.2 Å². The van der Waals surface area contributed by atoms with Crippen molar-refractivity contribution in [3.05, 3.63) is 12.2 Å². The van der Waals surface area contributed by atoms with Gasteiger partial charge in [0.25, 0.3) is 0 Å². The molecular weight excluding hydrogens is 344 g/mol. The lowest BCUT2D eigenvalue weighted by molar-refractivity contribution is -0.305. The summed E-state index contributed by atoms with van der Waals surface area (Å²) in [5.74, 6) is 0.174. The summed E-state index contributed by atoms with van der Waals surface area (Å²) in [4.78, 5) is 13.0. The van der Waals surface area contributed by atoms with Crippen LogP contribution in [0.2, 0.25) is 0 Å². The SMILES string of the molecule is C=C(C)C(=O)OC1(C(C)(C)C)CCCC(C(C)(C)C)C1(C(C)(C)C)C(C)(C)C. The third kappa shape index (κ3) is 3.70. The molecule has 1 rings (SSSR count). The first-order valence-corrected chi connectivity index (χ1v) is 11.1. The number of carbonyl (C=O) groups excluding carboxylic acids is 1. The Kier molecular flexibility index (Phi) is 6.46. The summed E-state index contributed by atoms with van der Waals surface area (Å²) in [7, 11) is 0. The van der Waals surface area contributed by atoms with Gasteiger partial charge in [0.15, 0.2) is 0 Å². The molecule has 2 nitrogen and oxygen atoms in total. The summed E-state index contributed by atoms with van der Waals surface area (Å²) in [6.45, 7) is 33.7. The predicted octanol–water partition coefficient (Wildman–Crippen LogP) is 7.82. The van der Waals surface area contributed by atoms with Gasteiger partial charge >= 0.3 is 5.97 Å². The molecule has 2 atom stereocenters. The number of ether oxygens (including phenoxy) is 1. The molecule has 0 saturated heterocycles. The summed E-state index contributed by atoms with van der Waals surface area (Å²) in [6.07, 6.45) is 3.15. The van der Waals surface area contributed by atoms with Gasteiger partial charge in [-0.2, -0.15) is 0 Å². The molecule has 164 valence electrons. The lowest BCUT2D eigenvalue weighted by atomic mass is 9.33. The minimum atomic E-state index is -0.581. The van der Waals surface area contributed by atoms with E-state index in [9.17, 15) is 4.79 Å². The van der Waals surface area contributed by atoms with Gasteiger partial charge in [-0.25, -0.2) is 4.79 Å². The van der Waals surface area contributed by atoms with Gasteiger partial charge in [-0.05, 0) is 48.3 Å². The molecule has 2 unspecified atom stereocenters. The Bertz CT molecular complexity index is 584. The molecule has 0 aromatic rings. The lowest BCUT2D eigenvalue weighted by Crippen LogP contribution is -2.74. The molecule has 1 fully saturated rings. The fourth-order valence-electron chi connectivity index (χ4n) is 7.21. The van der Waals surface area contributed by atoms with Gasteiger partial charge < -0.3 is 4.74 Å². The van der Waals surface area contributed by atoms with Gasteiger partial charge in [0.1, 0.15) is 5.60 Å². The van der Waals surface area contributed by atoms with E-state index in [-0.39, 0.29) is 33.0 Å². The van der Waals surface area contributed by atoms with Gasteiger partial charge in [0, 0.05) is 16.4 Å². The molecule has 0 aliphatic heterocycles. The van der Waals surface area contributed by atoms with Crippen LogP contribution < -0.4 is 0 Å². The Labute approximate surface area is 175 Å². The van der Waals surface area contributed by atoms with Crippen molar-refractivity contribution >= 4 is 5.97 Å². The third-order valence-corrected chi connectivity index (χ3v) is 7.42. The zero-order valence-corrected chi connectivity index (χ0v) is 21.2. The van der Waals surface area contributed by atoms with Crippen molar-refractivity contribution < 1.29 is 9.53 Å². The number of esters is 1. The van der Waals surface area contributed by atoms with E-state index in [1.54, 1.807) is 6.92 Å². The highest BCUT2D eigenvalue weighted by Gasteiger charge is 2.73. The molecule has 0 spiro atoms. The summed E-state index contributed by atoms with van der Waals surface area (Å²) in [5, 5.41) is 0.